The summed E-state index contributed by atoms with van der Waals surface area (Å²) in [4.78, 5) is 22.1. The molecule has 0 saturated heterocycles. The molecule has 0 bridgehead atoms. The molecule has 0 aromatic rings. The molecular weight excluding hydrogens is 236 g/mol. The van der Waals surface area contributed by atoms with Gasteiger partial charge in [0.2, 0.25) is 0 Å². The van der Waals surface area contributed by atoms with E-state index in [9.17, 15) is 9.59 Å². The van der Waals surface area contributed by atoms with Crippen LogP contribution in [0.3, 0.4) is 0 Å². The Balaban J connectivity index is 2.07. The smallest absolute Gasteiger partial charge is 0.412 e. The molecule has 0 aromatic heterocycles. The van der Waals surface area contributed by atoms with E-state index in [0.717, 1.165) is 19.3 Å². The third kappa shape index (κ3) is 2.94. The number of cyclic esters (lactones) is 1. The number of ether oxygens (including phenoxy) is 1. The molecule has 1 fully saturated rings. The van der Waals surface area contributed by atoms with E-state index in [2.05, 4.69) is 17.6 Å². The Morgan fingerprint density at radius 1 is 1.50 bits per heavy atom. The predicted molar refractivity (Wildman–Crippen MR) is 63.7 cm³/mol. The van der Waals surface area contributed by atoms with Crippen LogP contribution in [0.4, 0.5) is 4.79 Å². The number of nitrogens with one attached hydrogen (secondary N) is 2. The average Bonchev–Trinajstić information content (AvgIpc) is 2.31. The fourth-order valence-corrected chi connectivity index (χ4v) is 2.53. The molecule has 1 aliphatic heterocycles. The van der Waals surface area contributed by atoms with Crippen LogP contribution in [0.5, 0.6) is 0 Å². The van der Waals surface area contributed by atoms with E-state index in [0.29, 0.717) is 11.6 Å². The second kappa shape index (κ2) is 5.29. The molecule has 1 heterocycles. The van der Waals surface area contributed by atoms with Crippen molar-refractivity contribution < 1.29 is 19.4 Å². The zero-order valence-corrected chi connectivity index (χ0v) is 10.4. The molecule has 18 heavy (non-hydrogen) atoms. The standard InChI is InChI=1S/C12H18N2O4/c1-7-3-2-4-8(5-7)13-9-6-18-12(17)14-10(9)11(15)16/h7-8,13H,2-6H2,1H3,(H,14,17)(H,15,16). The number of carbonyl (C=O) groups excluding carboxylic acids is 1. The number of alkyl carbamates (subject to hydrolysis) is 1. The van der Waals surface area contributed by atoms with E-state index in [1.165, 1.54) is 6.42 Å². The molecule has 2 atom stereocenters. The van der Waals surface area contributed by atoms with Crippen molar-refractivity contribution >= 4 is 12.1 Å². The Kier molecular flexibility index (Phi) is 3.74. The van der Waals surface area contributed by atoms with E-state index < -0.39 is 12.1 Å². The summed E-state index contributed by atoms with van der Waals surface area (Å²) in [6, 6.07) is 0.261. The normalized spacial score (nSPS) is 28.4. The number of hydrogen-bond donors (Lipinski definition) is 3. The van der Waals surface area contributed by atoms with Crippen LogP contribution in [0.2, 0.25) is 0 Å². The van der Waals surface area contributed by atoms with Crippen LogP contribution in [0.1, 0.15) is 32.6 Å². The van der Waals surface area contributed by atoms with Gasteiger partial charge >= 0.3 is 12.1 Å². The highest BCUT2D eigenvalue weighted by Crippen LogP contribution is 2.24. The van der Waals surface area contributed by atoms with Gasteiger partial charge in [0.25, 0.3) is 0 Å². The van der Waals surface area contributed by atoms with Crippen LogP contribution in [-0.2, 0) is 9.53 Å². The van der Waals surface area contributed by atoms with E-state index in [1.54, 1.807) is 0 Å². The Labute approximate surface area is 105 Å². The third-order valence-corrected chi connectivity index (χ3v) is 3.41. The van der Waals surface area contributed by atoms with Crippen molar-refractivity contribution in [3.63, 3.8) is 0 Å². The summed E-state index contributed by atoms with van der Waals surface area (Å²) in [6.07, 6.45) is 3.69. The minimum absolute atomic E-state index is 0.00164. The maximum atomic E-state index is 11.0. The number of hydrogen-bond acceptors (Lipinski definition) is 4. The molecule has 1 saturated carbocycles. The molecule has 0 spiro atoms. The van der Waals surface area contributed by atoms with Crippen LogP contribution in [-0.4, -0.2) is 29.8 Å². The summed E-state index contributed by atoms with van der Waals surface area (Å²) in [7, 11) is 0. The molecule has 100 valence electrons. The number of carboxylic acids is 1. The van der Waals surface area contributed by atoms with E-state index in [4.69, 9.17) is 9.84 Å². The minimum Gasteiger partial charge on any atom is -0.477 e. The van der Waals surface area contributed by atoms with Gasteiger partial charge in [-0.1, -0.05) is 19.8 Å². The molecule has 0 aromatic carbocycles. The lowest BCUT2D eigenvalue weighted by Crippen LogP contribution is -2.43. The largest absolute Gasteiger partial charge is 0.477 e. The zero-order valence-electron chi connectivity index (χ0n) is 10.4. The lowest BCUT2D eigenvalue weighted by Gasteiger charge is -2.30. The van der Waals surface area contributed by atoms with Crippen LogP contribution >= 0.6 is 0 Å². The molecule has 1 aliphatic carbocycles. The Hall–Kier alpha value is -1.72. The van der Waals surface area contributed by atoms with Gasteiger partial charge in [0.1, 0.15) is 6.61 Å². The first kappa shape index (κ1) is 12.7. The fourth-order valence-electron chi connectivity index (χ4n) is 2.53. The summed E-state index contributed by atoms with van der Waals surface area (Å²) >= 11 is 0. The van der Waals surface area contributed by atoms with Crippen LogP contribution < -0.4 is 10.6 Å². The molecule has 1 amide bonds. The lowest BCUT2D eigenvalue weighted by molar-refractivity contribution is -0.133. The van der Waals surface area contributed by atoms with Crippen LogP contribution in [0, 0.1) is 5.92 Å². The Bertz CT molecular complexity index is 392. The van der Waals surface area contributed by atoms with Crippen molar-refractivity contribution in [2.45, 2.75) is 38.6 Å². The highest BCUT2D eigenvalue weighted by atomic mass is 16.6. The lowest BCUT2D eigenvalue weighted by atomic mass is 9.87. The number of carboxylic acid groups (broad SMARTS) is 1. The second-order valence-electron chi connectivity index (χ2n) is 4.97. The number of aliphatic carboxylic acids is 1. The van der Waals surface area contributed by atoms with Crippen molar-refractivity contribution in [2.24, 2.45) is 5.92 Å². The van der Waals surface area contributed by atoms with Gasteiger partial charge in [-0.3, -0.25) is 5.32 Å². The minimum atomic E-state index is -1.14. The first-order valence-corrected chi connectivity index (χ1v) is 6.23. The molecule has 2 unspecified atom stereocenters. The first-order chi connectivity index (χ1) is 8.56. The Morgan fingerprint density at radius 3 is 2.94 bits per heavy atom. The van der Waals surface area contributed by atoms with Gasteiger partial charge in [-0.05, 0) is 18.8 Å². The SMILES string of the molecule is CC1CCCC(NC2=C(C(=O)O)NC(=O)OC2)C1. The number of carbonyl (C=O) groups is 2. The summed E-state index contributed by atoms with van der Waals surface area (Å²) in [6.45, 7) is 2.19. The molecular formula is C12H18N2O4. The monoisotopic (exact) mass is 254 g/mol. The average molecular weight is 254 g/mol. The topological polar surface area (TPSA) is 87.7 Å². The molecule has 6 nitrogen and oxygen atoms in total. The van der Waals surface area contributed by atoms with Gasteiger partial charge in [-0.25, -0.2) is 9.59 Å². The number of rotatable bonds is 3. The van der Waals surface area contributed by atoms with Gasteiger partial charge in [0.05, 0.1) is 5.70 Å². The maximum Gasteiger partial charge on any atom is 0.412 e. The van der Waals surface area contributed by atoms with Gasteiger partial charge < -0.3 is 15.2 Å². The van der Waals surface area contributed by atoms with Crippen molar-refractivity contribution in [1.82, 2.24) is 10.6 Å². The first-order valence-electron chi connectivity index (χ1n) is 6.23. The van der Waals surface area contributed by atoms with E-state index in [-0.39, 0.29) is 18.3 Å². The van der Waals surface area contributed by atoms with E-state index >= 15 is 0 Å². The summed E-state index contributed by atoms with van der Waals surface area (Å²) in [5, 5.41) is 14.5. The fraction of sp³-hybridized carbons (Fsp3) is 0.667. The summed E-state index contributed by atoms with van der Waals surface area (Å²) in [5.41, 5.74) is 0.366. The van der Waals surface area contributed by atoms with Gasteiger partial charge in [0, 0.05) is 6.04 Å². The van der Waals surface area contributed by atoms with E-state index in [1.807, 2.05) is 0 Å². The van der Waals surface area contributed by atoms with Crippen LogP contribution in [0.15, 0.2) is 11.4 Å². The quantitative estimate of drug-likeness (QED) is 0.704. The highest BCUT2D eigenvalue weighted by Gasteiger charge is 2.27. The van der Waals surface area contributed by atoms with Crippen molar-refractivity contribution in [3.8, 4) is 0 Å². The van der Waals surface area contributed by atoms with Gasteiger partial charge in [-0.2, -0.15) is 0 Å². The molecule has 2 rings (SSSR count). The van der Waals surface area contributed by atoms with Crippen molar-refractivity contribution in [3.05, 3.63) is 11.4 Å². The molecule has 6 heteroatoms. The van der Waals surface area contributed by atoms with Crippen molar-refractivity contribution in [2.75, 3.05) is 6.61 Å². The second-order valence-corrected chi connectivity index (χ2v) is 4.97. The summed E-state index contributed by atoms with van der Waals surface area (Å²) < 4.78 is 4.81. The number of amides is 1. The van der Waals surface area contributed by atoms with Crippen LogP contribution in [0.25, 0.3) is 0 Å². The Morgan fingerprint density at radius 2 is 2.28 bits per heavy atom. The maximum absolute atomic E-state index is 11.0. The van der Waals surface area contributed by atoms with Gasteiger partial charge in [-0.15, -0.1) is 0 Å². The predicted octanol–water partition coefficient (Wildman–Crippen LogP) is 1.19. The summed E-state index contributed by atoms with van der Waals surface area (Å²) in [5.74, 6) is -0.498. The van der Waals surface area contributed by atoms with Gasteiger partial charge in [0.15, 0.2) is 5.70 Å². The molecule has 2 aliphatic rings. The zero-order chi connectivity index (χ0) is 13.1. The third-order valence-electron chi connectivity index (χ3n) is 3.41. The molecule has 3 N–H and O–H groups in total. The van der Waals surface area contributed by atoms with Crippen molar-refractivity contribution in [1.29, 1.82) is 0 Å². The molecule has 0 radical (unpaired) electrons. The highest BCUT2D eigenvalue weighted by molar-refractivity contribution is 5.92.